The Hall–Kier alpha value is -0.790. The molecular formula is C11H22N2. The van der Waals surface area contributed by atoms with Crippen molar-refractivity contribution in [2.45, 2.75) is 34.1 Å². The summed E-state index contributed by atoms with van der Waals surface area (Å²) in [4.78, 5) is 4.33. The highest BCUT2D eigenvalue weighted by atomic mass is 14.7. The minimum absolute atomic E-state index is 0.466. The molecule has 2 heteroatoms. The average molecular weight is 182 g/mol. The molecule has 0 saturated heterocycles. The Morgan fingerprint density at radius 2 is 1.92 bits per heavy atom. The standard InChI is InChI=1S/C11H22N2/c1-9(2)5-6-13-8-11(7-12)10(3)4/h7-10H,5-6,12H2,1-4H3/b11-7+,13-8?. The van der Waals surface area contributed by atoms with E-state index < -0.39 is 0 Å². The van der Waals surface area contributed by atoms with Crippen LogP contribution in [0.15, 0.2) is 16.8 Å². The first-order valence-electron chi connectivity index (χ1n) is 4.99. The van der Waals surface area contributed by atoms with Crippen LogP contribution in [0.4, 0.5) is 0 Å². The molecule has 2 N–H and O–H groups in total. The van der Waals surface area contributed by atoms with Crippen molar-refractivity contribution in [3.8, 4) is 0 Å². The maximum absolute atomic E-state index is 5.46. The third-order valence-corrected chi connectivity index (χ3v) is 1.94. The summed E-state index contributed by atoms with van der Waals surface area (Å²) >= 11 is 0. The molecule has 76 valence electrons. The van der Waals surface area contributed by atoms with E-state index in [0.717, 1.165) is 24.5 Å². The van der Waals surface area contributed by atoms with Gasteiger partial charge in [-0.05, 0) is 30.0 Å². The van der Waals surface area contributed by atoms with Gasteiger partial charge in [0.15, 0.2) is 0 Å². The lowest BCUT2D eigenvalue weighted by Gasteiger charge is -2.04. The number of aliphatic imine (C=N–C) groups is 1. The Morgan fingerprint density at radius 3 is 2.31 bits per heavy atom. The Labute approximate surface area is 81.9 Å². The fraction of sp³-hybridized carbons (Fsp3) is 0.727. The van der Waals surface area contributed by atoms with Crippen molar-refractivity contribution in [2.75, 3.05) is 6.54 Å². The quantitative estimate of drug-likeness (QED) is 0.652. The maximum atomic E-state index is 5.46. The van der Waals surface area contributed by atoms with Gasteiger partial charge in [0, 0.05) is 12.8 Å². The lowest BCUT2D eigenvalue weighted by Crippen LogP contribution is -2.00. The fourth-order valence-electron chi connectivity index (χ4n) is 0.887. The van der Waals surface area contributed by atoms with E-state index in [9.17, 15) is 0 Å². The molecule has 2 nitrogen and oxygen atoms in total. The van der Waals surface area contributed by atoms with Crippen LogP contribution in [0.1, 0.15) is 34.1 Å². The molecule has 0 fully saturated rings. The summed E-state index contributed by atoms with van der Waals surface area (Å²) in [6, 6.07) is 0. The molecule has 13 heavy (non-hydrogen) atoms. The van der Waals surface area contributed by atoms with Crippen LogP contribution in [0.25, 0.3) is 0 Å². The van der Waals surface area contributed by atoms with Gasteiger partial charge in [0.25, 0.3) is 0 Å². The lowest BCUT2D eigenvalue weighted by molar-refractivity contribution is 0.597. The summed E-state index contributed by atoms with van der Waals surface area (Å²) in [6.07, 6.45) is 4.68. The predicted molar refractivity (Wildman–Crippen MR) is 59.9 cm³/mol. The largest absolute Gasteiger partial charge is 0.404 e. The number of nitrogens with zero attached hydrogens (tertiary/aromatic N) is 1. The van der Waals surface area contributed by atoms with Gasteiger partial charge in [-0.15, -0.1) is 0 Å². The monoisotopic (exact) mass is 182 g/mol. The summed E-state index contributed by atoms with van der Waals surface area (Å²) in [5.74, 6) is 1.19. The van der Waals surface area contributed by atoms with Gasteiger partial charge < -0.3 is 5.73 Å². The van der Waals surface area contributed by atoms with Crippen LogP contribution in [0.5, 0.6) is 0 Å². The van der Waals surface area contributed by atoms with Gasteiger partial charge in [-0.3, -0.25) is 4.99 Å². The van der Waals surface area contributed by atoms with E-state index in [0.29, 0.717) is 5.92 Å². The molecule has 0 amide bonds. The number of rotatable bonds is 5. The van der Waals surface area contributed by atoms with Crippen molar-refractivity contribution in [1.29, 1.82) is 0 Å². The van der Waals surface area contributed by atoms with E-state index >= 15 is 0 Å². The second-order valence-electron chi connectivity index (χ2n) is 4.04. The zero-order valence-corrected chi connectivity index (χ0v) is 9.25. The first-order chi connectivity index (χ1) is 6.07. The second kappa shape index (κ2) is 6.70. The highest BCUT2D eigenvalue weighted by molar-refractivity contribution is 5.78. The van der Waals surface area contributed by atoms with E-state index in [-0.39, 0.29) is 0 Å². The van der Waals surface area contributed by atoms with Crippen molar-refractivity contribution >= 4 is 6.21 Å². The van der Waals surface area contributed by atoms with E-state index in [1.807, 2.05) is 6.21 Å². The van der Waals surface area contributed by atoms with Crippen molar-refractivity contribution in [3.05, 3.63) is 11.8 Å². The van der Waals surface area contributed by atoms with Gasteiger partial charge >= 0.3 is 0 Å². The normalized spacial score (nSPS) is 13.5. The first kappa shape index (κ1) is 12.2. The Morgan fingerprint density at radius 1 is 1.31 bits per heavy atom. The van der Waals surface area contributed by atoms with Crippen molar-refractivity contribution < 1.29 is 0 Å². The van der Waals surface area contributed by atoms with Gasteiger partial charge in [0.2, 0.25) is 0 Å². The smallest absolute Gasteiger partial charge is 0.0391 e. The molecule has 0 aliphatic carbocycles. The fourth-order valence-corrected chi connectivity index (χ4v) is 0.887. The number of hydrogen-bond acceptors (Lipinski definition) is 2. The topological polar surface area (TPSA) is 38.4 Å². The van der Waals surface area contributed by atoms with E-state index in [1.54, 1.807) is 6.20 Å². The third-order valence-electron chi connectivity index (χ3n) is 1.94. The molecule has 0 radical (unpaired) electrons. The van der Waals surface area contributed by atoms with Crippen LogP contribution < -0.4 is 5.73 Å². The summed E-state index contributed by atoms with van der Waals surface area (Å²) in [5, 5.41) is 0. The molecule has 0 aromatic carbocycles. The number of hydrogen-bond donors (Lipinski definition) is 1. The van der Waals surface area contributed by atoms with E-state index in [4.69, 9.17) is 5.73 Å². The van der Waals surface area contributed by atoms with Gasteiger partial charge in [-0.2, -0.15) is 0 Å². The highest BCUT2D eigenvalue weighted by Gasteiger charge is 1.97. The molecule has 0 unspecified atom stereocenters. The van der Waals surface area contributed by atoms with Crippen LogP contribution in [0, 0.1) is 11.8 Å². The molecular weight excluding hydrogens is 160 g/mol. The van der Waals surface area contributed by atoms with Crippen LogP contribution in [-0.4, -0.2) is 12.8 Å². The van der Waals surface area contributed by atoms with Gasteiger partial charge in [-0.1, -0.05) is 27.7 Å². The summed E-state index contributed by atoms with van der Waals surface area (Å²) < 4.78 is 0. The zero-order valence-electron chi connectivity index (χ0n) is 9.25. The van der Waals surface area contributed by atoms with E-state index in [2.05, 4.69) is 32.7 Å². The summed E-state index contributed by atoms with van der Waals surface area (Å²) in [7, 11) is 0. The minimum Gasteiger partial charge on any atom is -0.404 e. The van der Waals surface area contributed by atoms with Crippen LogP contribution >= 0.6 is 0 Å². The second-order valence-corrected chi connectivity index (χ2v) is 4.04. The molecule has 0 saturated carbocycles. The average Bonchev–Trinajstić information content (AvgIpc) is 2.03. The minimum atomic E-state index is 0.466. The Balaban J connectivity index is 3.82. The SMILES string of the molecule is CC(C)CCN=C/C(=C\N)C(C)C. The van der Waals surface area contributed by atoms with Crippen molar-refractivity contribution in [1.82, 2.24) is 0 Å². The molecule has 0 bridgehead atoms. The summed E-state index contributed by atoms with van der Waals surface area (Å²) in [6.45, 7) is 9.55. The van der Waals surface area contributed by atoms with Crippen LogP contribution in [0.2, 0.25) is 0 Å². The Kier molecular flexibility index (Phi) is 6.29. The lowest BCUT2D eigenvalue weighted by atomic mass is 10.1. The number of allylic oxidation sites excluding steroid dienone is 1. The molecule has 0 rings (SSSR count). The van der Waals surface area contributed by atoms with Crippen molar-refractivity contribution in [3.63, 3.8) is 0 Å². The molecule has 0 aromatic heterocycles. The van der Waals surface area contributed by atoms with Crippen LogP contribution in [0.3, 0.4) is 0 Å². The number of nitrogens with two attached hydrogens (primary N) is 1. The van der Waals surface area contributed by atoms with Crippen LogP contribution in [-0.2, 0) is 0 Å². The molecule has 0 aliphatic heterocycles. The molecule has 0 aliphatic rings. The predicted octanol–water partition coefficient (Wildman–Crippen LogP) is 2.60. The van der Waals surface area contributed by atoms with Gasteiger partial charge in [0.05, 0.1) is 0 Å². The first-order valence-corrected chi connectivity index (χ1v) is 4.99. The van der Waals surface area contributed by atoms with Gasteiger partial charge in [0.1, 0.15) is 0 Å². The zero-order chi connectivity index (χ0) is 10.3. The Bertz CT molecular complexity index is 179. The third kappa shape index (κ3) is 6.38. The van der Waals surface area contributed by atoms with Gasteiger partial charge in [-0.25, -0.2) is 0 Å². The molecule has 0 heterocycles. The molecule has 0 spiro atoms. The van der Waals surface area contributed by atoms with E-state index in [1.165, 1.54) is 0 Å². The highest BCUT2D eigenvalue weighted by Crippen LogP contribution is 2.05. The summed E-state index contributed by atoms with van der Waals surface area (Å²) in [5.41, 5.74) is 6.58. The maximum Gasteiger partial charge on any atom is 0.0391 e. The molecule has 0 aromatic rings. The molecule has 0 atom stereocenters. The van der Waals surface area contributed by atoms with Crippen molar-refractivity contribution in [2.24, 2.45) is 22.6 Å².